The topological polar surface area (TPSA) is 77.7 Å². The van der Waals surface area contributed by atoms with E-state index in [1.165, 1.54) is 0 Å². The van der Waals surface area contributed by atoms with Crippen LogP contribution in [0.5, 0.6) is 0 Å². The van der Waals surface area contributed by atoms with Gasteiger partial charge in [0.05, 0.1) is 12.3 Å². The van der Waals surface area contributed by atoms with Crippen LogP contribution in [0.25, 0.3) is 0 Å². The number of hydrogen-bond acceptors (Lipinski definition) is 4. The first-order valence-electron chi connectivity index (χ1n) is 9.12. The third-order valence-corrected chi connectivity index (χ3v) is 5.04. The fraction of sp³-hybridized carbons (Fsp3) is 0.722. The van der Waals surface area contributed by atoms with Crippen molar-refractivity contribution in [3.63, 3.8) is 0 Å². The predicted octanol–water partition coefficient (Wildman–Crippen LogP) is 2.51. The van der Waals surface area contributed by atoms with Crippen LogP contribution in [0.3, 0.4) is 0 Å². The highest BCUT2D eigenvalue weighted by molar-refractivity contribution is 5.74. The summed E-state index contributed by atoms with van der Waals surface area (Å²) in [4.78, 5) is 14.6. The highest BCUT2D eigenvalue weighted by atomic mass is 16.3. The molecule has 0 aromatic carbocycles. The summed E-state index contributed by atoms with van der Waals surface area (Å²) in [6.45, 7) is 6.62. The maximum absolute atomic E-state index is 12.3. The molecular formula is C18H31N3O3. The van der Waals surface area contributed by atoms with E-state index >= 15 is 0 Å². The van der Waals surface area contributed by atoms with Crippen LogP contribution in [0.1, 0.15) is 51.3 Å². The maximum Gasteiger partial charge on any atom is 0.315 e. The van der Waals surface area contributed by atoms with Crippen LogP contribution in [-0.4, -0.2) is 48.3 Å². The van der Waals surface area contributed by atoms with Crippen molar-refractivity contribution in [2.75, 3.05) is 26.2 Å². The van der Waals surface area contributed by atoms with Crippen LogP contribution in [0.15, 0.2) is 22.8 Å². The Morgan fingerprint density at radius 3 is 2.75 bits per heavy atom. The zero-order chi connectivity index (χ0) is 17.4. The van der Waals surface area contributed by atoms with Gasteiger partial charge in [-0.1, -0.05) is 26.7 Å². The fourth-order valence-corrected chi connectivity index (χ4v) is 3.58. The van der Waals surface area contributed by atoms with Gasteiger partial charge in [0, 0.05) is 25.1 Å². The van der Waals surface area contributed by atoms with E-state index in [0.717, 1.165) is 44.5 Å². The molecule has 136 valence electrons. The van der Waals surface area contributed by atoms with Gasteiger partial charge in [-0.15, -0.1) is 0 Å². The number of nitrogens with zero attached hydrogens (tertiary/aromatic N) is 1. The van der Waals surface area contributed by atoms with Crippen LogP contribution < -0.4 is 10.6 Å². The zero-order valence-corrected chi connectivity index (χ0v) is 14.8. The lowest BCUT2D eigenvalue weighted by Crippen LogP contribution is -2.49. The molecule has 0 saturated heterocycles. The summed E-state index contributed by atoms with van der Waals surface area (Å²) in [6, 6.07) is 3.76. The van der Waals surface area contributed by atoms with Gasteiger partial charge in [-0.3, -0.25) is 4.90 Å². The van der Waals surface area contributed by atoms with E-state index in [9.17, 15) is 9.90 Å². The third-order valence-electron chi connectivity index (χ3n) is 5.04. The largest absolute Gasteiger partial charge is 0.468 e. The van der Waals surface area contributed by atoms with Gasteiger partial charge in [0.25, 0.3) is 0 Å². The monoisotopic (exact) mass is 337 g/mol. The molecule has 2 rings (SSSR count). The molecule has 1 fully saturated rings. The molecule has 0 aliphatic heterocycles. The van der Waals surface area contributed by atoms with Crippen LogP contribution >= 0.6 is 0 Å². The summed E-state index contributed by atoms with van der Waals surface area (Å²) in [6.07, 6.45) is 5.83. The second kappa shape index (κ2) is 9.69. The first kappa shape index (κ1) is 18.8. The molecule has 1 saturated carbocycles. The second-order valence-corrected chi connectivity index (χ2v) is 6.44. The van der Waals surface area contributed by atoms with Crippen molar-refractivity contribution in [3.8, 4) is 0 Å². The second-order valence-electron chi connectivity index (χ2n) is 6.44. The molecule has 6 heteroatoms. The Morgan fingerprint density at radius 1 is 1.38 bits per heavy atom. The molecular weight excluding hydrogens is 306 g/mol. The number of aliphatic hydroxyl groups is 1. The fourth-order valence-electron chi connectivity index (χ4n) is 3.58. The highest BCUT2D eigenvalue weighted by Crippen LogP contribution is 2.24. The summed E-state index contributed by atoms with van der Waals surface area (Å²) in [5.41, 5.74) is 0. The lowest BCUT2D eigenvalue weighted by Gasteiger charge is -2.32. The average Bonchev–Trinajstić information content (AvgIpc) is 3.13. The molecule has 1 aliphatic rings. The van der Waals surface area contributed by atoms with Crippen LogP contribution in [-0.2, 0) is 0 Å². The Balaban J connectivity index is 1.89. The van der Waals surface area contributed by atoms with Gasteiger partial charge in [0.1, 0.15) is 5.76 Å². The summed E-state index contributed by atoms with van der Waals surface area (Å²) < 4.78 is 5.55. The number of likely N-dealkylation sites (N-methyl/N-ethyl adjacent to an activating group) is 1. The molecule has 1 aliphatic carbocycles. The molecule has 3 unspecified atom stereocenters. The molecule has 1 heterocycles. The van der Waals surface area contributed by atoms with Crippen LogP contribution in [0.2, 0.25) is 0 Å². The van der Waals surface area contributed by atoms with E-state index in [1.54, 1.807) is 6.26 Å². The van der Waals surface area contributed by atoms with Crippen molar-refractivity contribution in [2.24, 2.45) is 5.92 Å². The smallest absolute Gasteiger partial charge is 0.315 e. The summed E-state index contributed by atoms with van der Waals surface area (Å²) in [7, 11) is 0. The van der Waals surface area contributed by atoms with E-state index in [4.69, 9.17) is 4.42 Å². The standard InChI is InChI=1S/C18H31N3O3/c1-3-21(4-2)16(17-10-7-11-24-17)12-19-18(23)20-15-9-6-5-8-14(15)13-22/h7,10-11,14-16,22H,3-6,8-9,12-13H2,1-2H3,(H2,19,20,23). The molecule has 2 amide bonds. The Morgan fingerprint density at radius 2 is 2.12 bits per heavy atom. The van der Waals surface area contributed by atoms with E-state index in [0.29, 0.717) is 6.54 Å². The predicted molar refractivity (Wildman–Crippen MR) is 93.7 cm³/mol. The van der Waals surface area contributed by atoms with E-state index < -0.39 is 0 Å². The van der Waals surface area contributed by atoms with Crippen molar-refractivity contribution in [1.82, 2.24) is 15.5 Å². The first-order valence-corrected chi connectivity index (χ1v) is 9.12. The molecule has 0 spiro atoms. The minimum absolute atomic E-state index is 0.0285. The number of rotatable bonds is 8. The van der Waals surface area contributed by atoms with Gasteiger partial charge in [0.15, 0.2) is 0 Å². The Kier molecular flexibility index (Phi) is 7.59. The maximum atomic E-state index is 12.3. The number of carbonyl (C=O) groups excluding carboxylic acids is 1. The molecule has 24 heavy (non-hydrogen) atoms. The zero-order valence-electron chi connectivity index (χ0n) is 14.8. The number of urea groups is 1. The highest BCUT2D eigenvalue weighted by Gasteiger charge is 2.26. The minimum atomic E-state index is -0.163. The van der Waals surface area contributed by atoms with Crippen LogP contribution in [0.4, 0.5) is 4.79 Å². The van der Waals surface area contributed by atoms with Crippen molar-refractivity contribution in [1.29, 1.82) is 0 Å². The Labute approximate surface area is 144 Å². The van der Waals surface area contributed by atoms with E-state index in [1.807, 2.05) is 12.1 Å². The lowest BCUT2D eigenvalue weighted by atomic mass is 9.85. The van der Waals surface area contributed by atoms with Gasteiger partial charge in [-0.2, -0.15) is 0 Å². The molecule has 6 nitrogen and oxygen atoms in total. The normalized spacial score (nSPS) is 22.3. The number of furan rings is 1. The number of nitrogens with one attached hydrogen (secondary N) is 2. The van der Waals surface area contributed by atoms with Gasteiger partial charge in [-0.05, 0) is 38.1 Å². The summed E-state index contributed by atoms with van der Waals surface area (Å²) >= 11 is 0. The number of aliphatic hydroxyl groups excluding tert-OH is 1. The quantitative estimate of drug-likeness (QED) is 0.681. The van der Waals surface area contributed by atoms with Crippen LogP contribution in [0, 0.1) is 5.92 Å². The minimum Gasteiger partial charge on any atom is -0.468 e. The van der Waals surface area contributed by atoms with Crippen molar-refractivity contribution >= 4 is 6.03 Å². The van der Waals surface area contributed by atoms with Crippen molar-refractivity contribution in [2.45, 2.75) is 51.6 Å². The van der Waals surface area contributed by atoms with Gasteiger partial charge < -0.3 is 20.2 Å². The average molecular weight is 337 g/mol. The first-order chi connectivity index (χ1) is 11.7. The Bertz CT molecular complexity index is 474. The number of amides is 2. The molecule has 0 radical (unpaired) electrons. The Hall–Kier alpha value is -1.53. The molecule has 1 aromatic heterocycles. The van der Waals surface area contributed by atoms with Gasteiger partial charge in [0.2, 0.25) is 0 Å². The van der Waals surface area contributed by atoms with Gasteiger partial charge in [-0.25, -0.2) is 4.79 Å². The number of carbonyl (C=O) groups is 1. The van der Waals surface area contributed by atoms with Gasteiger partial charge >= 0.3 is 6.03 Å². The molecule has 3 atom stereocenters. The number of hydrogen-bond donors (Lipinski definition) is 3. The van der Waals surface area contributed by atoms with E-state index in [2.05, 4.69) is 29.4 Å². The van der Waals surface area contributed by atoms with E-state index in [-0.39, 0.29) is 30.6 Å². The third kappa shape index (κ3) is 4.98. The summed E-state index contributed by atoms with van der Waals surface area (Å²) in [5.74, 6) is 1.04. The molecule has 0 bridgehead atoms. The lowest BCUT2D eigenvalue weighted by molar-refractivity contribution is 0.151. The SMILES string of the molecule is CCN(CC)C(CNC(=O)NC1CCCCC1CO)c1ccco1. The summed E-state index contributed by atoms with van der Waals surface area (Å²) in [5, 5.41) is 15.5. The van der Waals surface area contributed by atoms with Crippen molar-refractivity contribution in [3.05, 3.63) is 24.2 Å². The van der Waals surface area contributed by atoms with Crippen molar-refractivity contribution < 1.29 is 14.3 Å². The molecule has 3 N–H and O–H groups in total. The molecule has 1 aromatic rings.